The molecule has 0 aliphatic rings. The molecule has 162 valence electrons. The summed E-state index contributed by atoms with van der Waals surface area (Å²) in [5, 5.41) is 0. The monoisotopic (exact) mass is 423 g/mol. The Labute approximate surface area is 181 Å². The lowest BCUT2D eigenvalue weighted by atomic mass is 10.1. The highest BCUT2D eigenvalue weighted by molar-refractivity contribution is 5.96. The van der Waals surface area contributed by atoms with E-state index in [1.54, 1.807) is 20.3 Å². The van der Waals surface area contributed by atoms with Crippen molar-refractivity contribution in [2.24, 2.45) is 0 Å². The van der Waals surface area contributed by atoms with Gasteiger partial charge in [-0.25, -0.2) is 4.79 Å². The third kappa shape index (κ3) is 5.60. The molecule has 0 aliphatic carbocycles. The van der Waals surface area contributed by atoms with Gasteiger partial charge in [0, 0.05) is 12.1 Å². The summed E-state index contributed by atoms with van der Waals surface area (Å²) in [6, 6.07) is 18.1. The van der Waals surface area contributed by atoms with E-state index in [9.17, 15) is 4.79 Å². The summed E-state index contributed by atoms with van der Waals surface area (Å²) in [5.41, 5.74) is 8.37. The van der Waals surface area contributed by atoms with Crippen molar-refractivity contribution in [3.05, 3.63) is 77.4 Å². The second-order valence-corrected chi connectivity index (χ2v) is 6.65. The molecule has 2 N–H and O–H groups in total. The van der Waals surface area contributed by atoms with Crippen LogP contribution >= 0.6 is 0 Å². The summed E-state index contributed by atoms with van der Waals surface area (Å²) in [5.74, 6) is 1.79. The maximum atomic E-state index is 12.1. The van der Waals surface area contributed by atoms with Gasteiger partial charge in [-0.2, -0.15) is 0 Å². The van der Waals surface area contributed by atoms with Gasteiger partial charge >= 0.3 is 5.97 Å². The maximum Gasteiger partial charge on any atom is 0.340 e. The Morgan fingerprint density at radius 3 is 1.61 bits per heavy atom. The van der Waals surface area contributed by atoms with Crippen molar-refractivity contribution < 1.29 is 28.5 Å². The molecule has 0 aromatic heterocycles. The van der Waals surface area contributed by atoms with E-state index in [1.165, 1.54) is 13.2 Å². The van der Waals surface area contributed by atoms with E-state index in [4.69, 9.17) is 29.4 Å². The lowest BCUT2D eigenvalue weighted by Crippen LogP contribution is -2.08. The van der Waals surface area contributed by atoms with Crippen molar-refractivity contribution in [2.45, 2.75) is 13.2 Å². The molecule has 0 atom stereocenters. The maximum absolute atomic E-state index is 12.1. The molecule has 0 spiro atoms. The molecule has 31 heavy (non-hydrogen) atoms. The van der Waals surface area contributed by atoms with E-state index >= 15 is 0 Å². The number of hydrogen-bond acceptors (Lipinski definition) is 7. The first-order valence-corrected chi connectivity index (χ1v) is 9.57. The SMILES string of the molecule is COC(=O)c1cc(OCc2ccc(OC)cc2)c(OCc2ccc(OC)cc2)cc1N. The molecule has 0 aliphatic heterocycles. The summed E-state index contributed by atoms with van der Waals surface area (Å²) in [6.45, 7) is 0.563. The van der Waals surface area contributed by atoms with Crippen molar-refractivity contribution >= 4 is 11.7 Å². The van der Waals surface area contributed by atoms with Gasteiger partial charge < -0.3 is 29.4 Å². The van der Waals surface area contributed by atoms with Gasteiger partial charge in [-0.15, -0.1) is 0 Å². The summed E-state index contributed by atoms with van der Waals surface area (Å²) >= 11 is 0. The summed E-state index contributed by atoms with van der Waals surface area (Å²) in [7, 11) is 4.53. The topological polar surface area (TPSA) is 89.2 Å². The normalized spacial score (nSPS) is 10.3. The second kappa shape index (κ2) is 10.2. The Bertz CT molecular complexity index is 1020. The predicted molar refractivity (Wildman–Crippen MR) is 117 cm³/mol. The minimum absolute atomic E-state index is 0.212. The average Bonchev–Trinajstić information content (AvgIpc) is 2.82. The molecule has 0 fully saturated rings. The lowest BCUT2D eigenvalue weighted by molar-refractivity contribution is 0.0601. The Morgan fingerprint density at radius 2 is 1.19 bits per heavy atom. The first-order chi connectivity index (χ1) is 15.0. The van der Waals surface area contributed by atoms with Gasteiger partial charge in [0.2, 0.25) is 0 Å². The quantitative estimate of drug-likeness (QED) is 0.407. The van der Waals surface area contributed by atoms with Crippen LogP contribution in [0.5, 0.6) is 23.0 Å². The van der Waals surface area contributed by atoms with Gasteiger partial charge in [-0.3, -0.25) is 0 Å². The Kier molecular flexibility index (Phi) is 7.22. The van der Waals surface area contributed by atoms with Crippen LogP contribution in [0, 0.1) is 0 Å². The standard InChI is InChI=1S/C24H25NO6/c1-27-18-8-4-16(5-9-18)14-30-22-12-20(24(26)29-3)21(25)13-23(22)31-15-17-6-10-19(28-2)11-7-17/h4-13H,14-15,25H2,1-3H3. The Morgan fingerprint density at radius 1 is 0.742 bits per heavy atom. The number of anilines is 1. The minimum atomic E-state index is -0.548. The van der Waals surface area contributed by atoms with E-state index < -0.39 is 5.97 Å². The molecule has 3 rings (SSSR count). The van der Waals surface area contributed by atoms with E-state index in [2.05, 4.69) is 0 Å². The molecular formula is C24H25NO6. The fourth-order valence-corrected chi connectivity index (χ4v) is 2.85. The van der Waals surface area contributed by atoms with Crippen molar-refractivity contribution in [2.75, 3.05) is 27.1 Å². The highest BCUT2D eigenvalue weighted by atomic mass is 16.5. The van der Waals surface area contributed by atoms with Crippen LogP contribution < -0.4 is 24.7 Å². The number of esters is 1. The van der Waals surface area contributed by atoms with Crippen LogP contribution in [0.25, 0.3) is 0 Å². The largest absolute Gasteiger partial charge is 0.497 e. The summed E-state index contributed by atoms with van der Waals surface area (Å²) in [6.07, 6.45) is 0. The van der Waals surface area contributed by atoms with Gasteiger partial charge in [0.1, 0.15) is 24.7 Å². The fraction of sp³-hybridized carbons (Fsp3) is 0.208. The van der Waals surface area contributed by atoms with Crippen LogP contribution in [0.1, 0.15) is 21.5 Å². The molecule has 0 radical (unpaired) electrons. The Balaban J connectivity index is 1.81. The molecule has 0 heterocycles. The molecule has 0 saturated heterocycles. The molecule has 0 saturated carbocycles. The highest BCUT2D eigenvalue weighted by Crippen LogP contribution is 2.34. The van der Waals surface area contributed by atoms with E-state index in [0.717, 1.165) is 22.6 Å². The minimum Gasteiger partial charge on any atom is -0.497 e. The van der Waals surface area contributed by atoms with Gasteiger partial charge in [0.25, 0.3) is 0 Å². The lowest BCUT2D eigenvalue weighted by Gasteiger charge is -2.16. The zero-order chi connectivity index (χ0) is 22.2. The Hall–Kier alpha value is -3.87. The summed E-state index contributed by atoms with van der Waals surface area (Å²) in [4.78, 5) is 12.1. The molecule has 0 amide bonds. The van der Waals surface area contributed by atoms with Crippen molar-refractivity contribution in [1.82, 2.24) is 0 Å². The predicted octanol–water partition coefficient (Wildman–Crippen LogP) is 4.23. The molecule has 0 bridgehead atoms. The van der Waals surface area contributed by atoms with Gasteiger partial charge in [0.05, 0.1) is 32.6 Å². The van der Waals surface area contributed by atoms with Crippen molar-refractivity contribution in [3.8, 4) is 23.0 Å². The number of nitrogens with two attached hydrogens (primary N) is 1. The second-order valence-electron chi connectivity index (χ2n) is 6.65. The number of methoxy groups -OCH3 is 3. The van der Waals surface area contributed by atoms with Gasteiger partial charge in [-0.05, 0) is 35.4 Å². The third-order valence-corrected chi connectivity index (χ3v) is 4.63. The zero-order valence-electron chi connectivity index (χ0n) is 17.7. The number of benzene rings is 3. The average molecular weight is 423 g/mol. The third-order valence-electron chi connectivity index (χ3n) is 4.63. The van der Waals surface area contributed by atoms with Gasteiger partial charge in [0.15, 0.2) is 11.5 Å². The van der Waals surface area contributed by atoms with Crippen LogP contribution in [0.2, 0.25) is 0 Å². The van der Waals surface area contributed by atoms with Crippen LogP contribution in [0.4, 0.5) is 5.69 Å². The fourth-order valence-electron chi connectivity index (χ4n) is 2.85. The summed E-state index contributed by atoms with van der Waals surface area (Å²) < 4.78 is 27.1. The smallest absolute Gasteiger partial charge is 0.340 e. The molecule has 3 aromatic carbocycles. The molecule has 0 unspecified atom stereocenters. The molecule has 7 heteroatoms. The molecular weight excluding hydrogens is 398 g/mol. The number of carbonyl (C=O) groups excluding carboxylic acids is 1. The van der Waals surface area contributed by atoms with Gasteiger partial charge in [-0.1, -0.05) is 24.3 Å². The van der Waals surface area contributed by atoms with Crippen molar-refractivity contribution in [3.63, 3.8) is 0 Å². The first-order valence-electron chi connectivity index (χ1n) is 9.57. The number of hydrogen-bond donors (Lipinski definition) is 1. The van der Waals surface area contributed by atoms with E-state index in [0.29, 0.717) is 18.1 Å². The van der Waals surface area contributed by atoms with Crippen LogP contribution in [-0.4, -0.2) is 27.3 Å². The number of carbonyl (C=O) groups is 1. The molecule has 7 nitrogen and oxygen atoms in total. The number of rotatable bonds is 9. The number of ether oxygens (including phenoxy) is 5. The molecule has 3 aromatic rings. The number of nitrogen functional groups attached to an aromatic ring is 1. The van der Waals surface area contributed by atoms with Crippen molar-refractivity contribution in [1.29, 1.82) is 0 Å². The van der Waals surface area contributed by atoms with E-state index in [1.807, 2.05) is 48.5 Å². The van der Waals surface area contributed by atoms with Crippen LogP contribution in [-0.2, 0) is 18.0 Å². The highest BCUT2D eigenvalue weighted by Gasteiger charge is 2.17. The zero-order valence-corrected chi connectivity index (χ0v) is 17.7. The van der Waals surface area contributed by atoms with Crippen LogP contribution in [0.3, 0.4) is 0 Å². The van der Waals surface area contributed by atoms with E-state index in [-0.39, 0.29) is 17.9 Å². The van der Waals surface area contributed by atoms with Crippen LogP contribution in [0.15, 0.2) is 60.7 Å². The first kappa shape index (κ1) is 21.8.